The maximum Gasteiger partial charge on any atom is 0.275 e. The second-order valence-electron chi connectivity index (χ2n) is 7.53. The Morgan fingerprint density at radius 1 is 0.800 bits per heavy atom. The summed E-state index contributed by atoms with van der Waals surface area (Å²) in [7, 11) is 0. The van der Waals surface area contributed by atoms with Gasteiger partial charge >= 0.3 is 0 Å². The molecule has 35 heavy (non-hydrogen) atoms. The first kappa shape index (κ1) is 24.3. The number of hydrogen-bond acceptors (Lipinski definition) is 4. The Morgan fingerprint density at radius 2 is 1.49 bits per heavy atom. The van der Waals surface area contributed by atoms with Crippen LogP contribution < -0.4 is 14.9 Å². The van der Waals surface area contributed by atoms with Gasteiger partial charge in [0, 0.05) is 21.2 Å². The van der Waals surface area contributed by atoms with E-state index in [0.29, 0.717) is 39.3 Å². The van der Waals surface area contributed by atoms with E-state index in [-0.39, 0.29) is 12.5 Å². The molecular weight excluding hydrogens is 483 g/mol. The van der Waals surface area contributed by atoms with E-state index in [1.54, 1.807) is 30.3 Å². The number of rotatable bonds is 9. The number of nitrogens with one attached hydrogen (secondary N) is 1. The number of ether oxygens (including phenoxy) is 2. The minimum atomic E-state index is -0.378. The van der Waals surface area contributed by atoms with Crippen LogP contribution in [0.2, 0.25) is 10.0 Å². The molecule has 7 heteroatoms. The van der Waals surface area contributed by atoms with E-state index >= 15 is 0 Å². The summed E-state index contributed by atoms with van der Waals surface area (Å²) >= 11 is 12.2. The third kappa shape index (κ3) is 6.85. The maximum atomic E-state index is 12.8. The summed E-state index contributed by atoms with van der Waals surface area (Å²) in [4.78, 5) is 12.8. The Bertz CT molecular complexity index is 1330. The van der Waals surface area contributed by atoms with Gasteiger partial charge in [-0.2, -0.15) is 5.10 Å². The molecular formula is C28H22Cl2N2O3. The van der Waals surface area contributed by atoms with Gasteiger partial charge < -0.3 is 9.47 Å². The molecule has 4 aromatic rings. The maximum absolute atomic E-state index is 12.8. The quantitative estimate of drug-likeness (QED) is 0.199. The van der Waals surface area contributed by atoms with Crippen LogP contribution in [0.15, 0.2) is 102 Å². The topological polar surface area (TPSA) is 59.9 Å². The molecule has 5 nitrogen and oxygen atoms in total. The van der Waals surface area contributed by atoms with Crippen LogP contribution in [-0.4, -0.2) is 12.1 Å². The fourth-order valence-electron chi connectivity index (χ4n) is 3.25. The largest absolute Gasteiger partial charge is 0.488 e. The van der Waals surface area contributed by atoms with E-state index in [2.05, 4.69) is 10.5 Å². The minimum absolute atomic E-state index is 0.263. The number of hydrogen-bond donors (Lipinski definition) is 1. The Morgan fingerprint density at radius 3 is 2.29 bits per heavy atom. The number of carbonyl (C=O) groups is 1. The third-order valence-corrected chi connectivity index (χ3v) is 5.64. The smallest absolute Gasteiger partial charge is 0.275 e. The SMILES string of the molecule is O=C(N/N=C\c1ccccc1OCc1ccc(Cl)cc1Cl)c1ccccc1OCc1ccccc1. The molecule has 0 atom stereocenters. The van der Waals surface area contributed by atoms with Gasteiger partial charge in [-0.1, -0.05) is 83.9 Å². The van der Waals surface area contributed by atoms with Crippen LogP contribution in [0.1, 0.15) is 27.0 Å². The highest BCUT2D eigenvalue weighted by Gasteiger charge is 2.12. The lowest BCUT2D eigenvalue weighted by atomic mass is 10.2. The van der Waals surface area contributed by atoms with Crippen molar-refractivity contribution in [1.29, 1.82) is 0 Å². The van der Waals surface area contributed by atoms with Crippen LogP contribution in [0.4, 0.5) is 0 Å². The van der Waals surface area contributed by atoms with Gasteiger partial charge in [-0.15, -0.1) is 0 Å². The lowest BCUT2D eigenvalue weighted by molar-refractivity contribution is 0.0950. The summed E-state index contributed by atoms with van der Waals surface area (Å²) in [6.07, 6.45) is 1.53. The fourth-order valence-corrected chi connectivity index (χ4v) is 3.71. The molecule has 0 unspecified atom stereocenters. The molecule has 1 N–H and O–H groups in total. The Labute approximate surface area is 213 Å². The predicted octanol–water partition coefficient (Wildman–Crippen LogP) is 6.92. The van der Waals surface area contributed by atoms with Gasteiger partial charge in [-0.25, -0.2) is 5.43 Å². The molecule has 4 aromatic carbocycles. The van der Waals surface area contributed by atoms with E-state index < -0.39 is 0 Å². The summed E-state index contributed by atoms with van der Waals surface area (Å²) in [6.45, 7) is 0.621. The zero-order valence-corrected chi connectivity index (χ0v) is 20.2. The molecule has 0 aliphatic carbocycles. The monoisotopic (exact) mass is 504 g/mol. The van der Waals surface area contributed by atoms with Crippen molar-refractivity contribution in [3.8, 4) is 11.5 Å². The van der Waals surface area contributed by atoms with Crippen LogP contribution in [0.3, 0.4) is 0 Å². The molecule has 176 valence electrons. The lowest BCUT2D eigenvalue weighted by Gasteiger charge is -2.11. The van der Waals surface area contributed by atoms with Gasteiger partial charge in [0.2, 0.25) is 0 Å². The van der Waals surface area contributed by atoms with Crippen LogP contribution >= 0.6 is 23.2 Å². The first-order valence-corrected chi connectivity index (χ1v) is 11.6. The number of halogens is 2. The Kier molecular flexibility index (Phi) is 8.39. The molecule has 0 aliphatic heterocycles. The first-order valence-electron chi connectivity index (χ1n) is 10.8. The third-order valence-electron chi connectivity index (χ3n) is 5.06. The Balaban J connectivity index is 1.39. The number of benzene rings is 4. The highest BCUT2D eigenvalue weighted by molar-refractivity contribution is 6.35. The highest BCUT2D eigenvalue weighted by atomic mass is 35.5. The summed E-state index contributed by atoms with van der Waals surface area (Å²) in [6, 6.07) is 29.4. The second-order valence-corrected chi connectivity index (χ2v) is 8.38. The summed E-state index contributed by atoms with van der Waals surface area (Å²) < 4.78 is 11.8. The van der Waals surface area contributed by atoms with Gasteiger partial charge in [0.1, 0.15) is 24.7 Å². The molecule has 0 heterocycles. The van der Waals surface area contributed by atoms with Crippen molar-refractivity contribution in [1.82, 2.24) is 5.43 Å². The van der Waals surface area contributed by atoms with Crippen LogP contribution in [0.5, 0.6) is 11.5 Å². The van der Waals surface area contributed by atoms with Crippen molar-refractivity contribution in [3.63, 3.8) is 0 Å². The van der Waals surface area contributed by atoms with Crippen molar-refractivity contribution in [3.05, 3.63) is 129 Å². The number of amides is 1. The summed E-state index contributed by atoms with van der Waals surface area (Å²) in [5.41, 5.74) is 5.47. The van der Waals surface area contributed by atoms with Gasteiger partial charge in [0.15, 0.2) is 0 Å². The van der Waals surface area contributed by atoms with E-state index in [1.165, 1.54) is 6.21 Å². The molecule has 4 rings (SSSR count). The number of nitrogens with zero attached hydrogens (tertiary/aromatic N) is 1. The van der Waals surface area contributed by atoms with Crippen LogP contribution in [0.25, 0.3) is 0 Å². The summed E-state index contributed by atoms with van der Waals surface area (Å²) in [5.74, 6) is 0.701. The lowest BCUT2D eigenvalue weighted by Crippen LogP contribution is -2.18. The molecule has 0 saturated heterocycles. The zero-order valence-electron chi connectivity index (χ0n) is 18.7. The van der Waals surface area contributed by atoms with E-state index in [1.807, 2.05) is 66.7 Å². The highest BCUT2D eigenvalue weighted by Crippen LogP contribution is 2.24. The van der Waals surface area contributed by atoms with Crippen molar-refractivity contribution >= 4 is 35.3 Å². The Hall–Kier alpha value is -3.80. The van der Waals surface area contributed by atoms with Gasteiger partial charge in [-0.05, 0) is 42.0 Å². The molecule has 0 spiro atoms. The number of para-hydroxylation sites is 2. The molecule has 0 saturated carbocycles. The predicted molar refractivity (Wildman–Crippen MR) is 140 cm³/mol. The van der Waals surface area contributed by atoms with Crippen LogP contribution in [0, 0.1) is 0 Å². The fraction of sp³-hybridized carbons (Fsp3) is 0.0714. The van der Waals surface area contributed by atoms with Crippen molar-refractivity contribution in [2.45, 2.75) is 13.2 Å². The van der Waals surface area contributed by atoms with Gasteiger partial charge in [0.05, 0.1) is 11.8 Å². The average molecular weight is 505 g/mol. The standard InChI is InChI=1S/C28H22Cl2N2O3/c29-23-15-14-22(25(30)16-23)19-35-26-12-6-4-10-21(26)17-31-32-28(33)24-11-5-7-13-27(24)34-18-20-8-2-1-3-9-20/h1-17H,18-19H2,(H,32,33)/b31-17-. The number of hydrazone groups is 1. The summed E-state index contributed by atoms with van der Waals surface area (Å²) in [5, 5.41) is 5.21. The normalized spacial score (nSPS) is 10.8. The molecule has 0 aliphatic rings. The first-order chi connectivity index (χ1) is 17.1. The molecule has 0 fully saturated rings. The van der Waals surface area contributed by atoms with E-state index in [9.17, 15) is 4.79 Å². The molecule has 0 bridgehead atoms. The zero-order chi connectivity index (χ0) is 24.5. The van der Waals surface area contributed by atoms with Gasteiger partial charge in [-0.3, -0.25) is 4.79 Å². The van der Waals surface area contributed by atoms with E-state index in [4.69, 9.17) is 32.7 Å². The molecule has 0 radical (unpaired) electrons. The van der Waals surface area contributed by atoms with Crippen molar-refractivity contribution < 1.29 is 14.3 Å². The van der Waals surface area contributed by atoms with Crippen molar-refractivity contribution in [2.24, 2.45) is 5.10 Å². The average Bonchev–Trinajstić information content (AvgIpc) is 2.88. The second kappa shape index (κ2) is 12.1. The molecule has 1 amide bonds. The van der Waals surface area contributed by atoms with E-state index in [0.717, 1.165) is 11.1 Å². The molecule has 0 aromatic heterocycles. The van der Waals surface area contributed by atoms with Gasteiger partial charge in [0.25, 0.3) is 5.91 Å². The van der Waals surface area contributed by atoms with Crippen LogP contribution in [-0.2, 0) is 13.2 Å². The number of carbonyl (C=O) groups excluding carboxylic acids is 1. The minimum Gasteiger partial charge on any atom is -0.488 e. The van der Waals surface area contributed by atoms with Crippen molar-refractivity contribution in [2.75, 3.05) is 0 Å².